The first-order valence-corrected chi connectivity index (χ1v) is 8.76. The van der Waals surface area contributed by atoms with Gasteiger partial charge in [0.2, 0.25) is 5.91 Å². The highest BCUT2D eigenvalue weighted by atomic mass is 35.5. The number of ether oxygens (including phenoxy) is 1. The van der Waals surface area contributed by atoms with Crippen LogP contribution in [0, 0.1) is 5.82 Å². The molecule has 25 heavy (non-hydrogen) atoms. The molecule has 2 saturated heterocycles. The van der Waals surface area contributed by atoms with Crippen LogP contribution < -0.4 is 10.6 Å². The highest BCUT2D eigenvalue weighted by molar-refractivity contribution is 5.88. The number of hydrogen-bond donors (Lipinski definition) is 2. The molecule has 0 aromatic heterocycles. The van der Waals surface area contributed by atoms with Gasteiger partial charge in [0.25, 0.3) is 0 Å². The van der Waals surface area contributed by atoms with Crippen LogP contribution in [-0.2, 0) is 14.9 Å². The minimum absolute atomic E-state index is 0. The van der Waals surface area contributed by atoms with Crippen LogP contribution in [0.25, 0.3) is 0 Å². The molecule has 0 radical (unpaired) electrons. The summed E-state index contributed by atoms with van der Waals surface area (Å²) in [6, 6.07) is 6.43. The predicted molar refractivity (Wildman–Crippen MR) is 97.7 cm³/mol. The fourth-order valence-electron chi connectivity index (χ4n) is 3.58. The lowest BCUT2D eigenvalue weighted by molar-refractivity contribution is -0.130. The molecule has 2 heterocycles. The van der Waals surface area contributed by atoms with Gasteiger partial charge in [-0.2, -0.15) is 0 Å². The normalized spacial score (nSPS) is 20.5. The zero-order valence-corrected chi connectivity index (χ0v) is 15.2. The molecule has 2 aliphatic rings. The van der Waals surface area contributed by atoms with E-state index in [-0.39, 0.29) is 24.1 Å². The summed E-state index contributed by atoms with van der Waals surface area (Å²) in [5.74, 6) is -0.307. The summed E-state index contributed by atoms with van der Waals surface area (Å²) in [7, 11) is 0. The zero-order chi connectivity index (χ0) is 16.8. The van der Waals surface area contributed by atoms with Crippen molar-refractivity contribution in [1.82, 2.24) is 15.5 Å². The number of nitrogens with zero attached hydrogens (tertiary/aromatic N) is 1. The molecule has 2 N–H and O–H groups in total. The Morgan fingerprint density at radius 3 is 2.68 bits per heavy atom. The van der Waals surface area contributed by atoms with Crippen molar-refractivity contribution in [2.75, 3.05) is 52.5 Å². The zero-order valence-electron chi connectivity index (χ0n) is 14.4. The van der Waals surface area contributed by atoms with E-state index in [4.69, 9.17) is 4.74 Å². The van der Waals surface area contributed by atoms with Gasteiger partial charge in [0, 0.05) is 52.5 Å². The summed E-state index contributed by atoms with van der Waals surface area (Å²) in [5.41, 5.74) is 0.0783. The molecule has 0 unspecified atom stereocenters. The molecule has 0 bridgehead atoms. The molecule has 0 aliphatic carbocycles. The number of nitrogens with one attached hydrogen (secondary N) is 2. The van der Waals surface area contributed by atoms with Crippen molar-refractivity contribution in [2.45, 2.75) is 18.3 Å². The number of hydrogen-bond acceptors (Lipinski definition) is 4. The molecule has 7 heteroatoms. The summed E-state index contributed by atoms with van der Waals surface area (Å²) < 4.78 is 19.1. The maximum Gasteiger partial charge on any atom is 0.230 e. The van der Waals surface area contributed by atoms with Crippen LogP contribution in [-0.4, -0.2) is 63.3 Å². The first-order valence-electron chi connectivity index (χ1n) is 8.76. The number of rotatable bonds is 5. The maximum absolute atomic E-state index is 13.7. The van der Waals surface area contributed by atoms with Crippen molar-refractivity contribution < 1.29 is 13.9 Å². The summed E-state index contributed by atoms with van der Waals surface area (Å²) in [5, 5.41) is 6.40. The van der Waals surface area contributed by atoms with Gasteiger partial charge in [-0.1, -0.05) is 12.1 Å². The van der Waals surface area contributed by atoms with Gasteiger partial charge in [-0.25, -0.2) is 4.39 Å². The number of carbonyl (C=O) groups excluding carboxylic acids is 1. The van der Waals surface area contributed by atoms with Crippen LogP contribution in [0.5, 0.6) is 0 Å². The lowest BCUT2D eigenvalue weighted by Crippen LogP contribution is -2.51. The van der Waals surface area contributed by atoms with Crippen molar-refractivity contribution in [3.63, 3.8) is 0 Å². The van der Waals surface area contributed by atoms with E-state index in [1.165, 1.54) is 12.1 Å². The average molecular weight is 372 g/mol. The molecule has 0 saturated carbocycles. The quantitative estimate of drug-likeness (QED) is 0.819. The Labute approximate surface area is 154 Å². The van der Waals surface area contributed by atoms with E-state index in [2.05, 4.69) is 15.5 Å². The highest BCUT2D eigenvalue weighted by Gasteiger charge is 2.41. The lowest BCUT2D eigenvalue weighted by Gasteiger charge is -2.36. The van der Waals surface area contributed by atoms with Gasteiger partial charge in [-0.05, 0) is 30.5 Å². The topological polar surface area (TPSA) is 53.6 Å². The van der Waals surface area contributed by atoms with Crippen molar-refractivity contribution >= 4 is 18.3 Å². The van der Waals surface area contributed by atoms with E-state index in [1.54, 1.807) is 6.07 Å². The Balaban J connectivity index is 0.00000225. The minimum atomic E-state index is -0.677. The van der Waals surface area contributed by atoms with E-state index in [9.17, 15) is 9.18 Å². The maximum atomic E-state index is 13.7. The standard InChI is InChI=1S/C18H26FN3O2.ClH/c19-16-3-1-2-15(14-16)18(4-12-24-13-5-18)17(23)21-8-11-22-9-6-20-7-10-22;/h1-3,14,20H,4-13H2,(H,21,23);1H. The van der Waals surface area contributed by atoms with Gasteiger partial charge in [-0.3, -0.25) is 9.69 Å². The van der Waals surface area contributed by atoms with Gasteiger partial charge in [0.05, 0.1) is 5.41 Å². The number of carbonyl (C=O) groups is 1. The summed E-state index contributed by atoms with van der Waals surface area (Å²) in [6.45, 7) is 6.55. The highest BCUT2D eigenvalue weighted by Crippen LogP contribution is 2.35. The molecule has 0 spiro atoms. The Morgan fingerprint density at radius 1 is 1.28 bits per heavy atom. The SMILES string of the molecule is Cl.O=C(NCCN1CCNCC1)C1(c2cccc(F)c2)CCOCC1. The number of halogens is 2. The van der Waals surface area contributed by atoms with Crippen LogP contribution >= 0.6 is 12.4 Å². The van der Waals surface area contributed by atoms with Gasteiger partial charge >= 0.3 is 0 Å². The molecule has 0 atom stereocenters. The van der Waals surface area contributed by atoms with Crippen molar-refractivity contribution in [3.05, 3.63) is 35.6 Å². The minimum Gasteiger partial charge on any atom is -0.381 e. The molecule has 1 amide bonds. The third-order valence-electron chi connectivity index (χ3n) is 5.08. The van der Waals surface area contributed by atoms with Crippen LogP contribution in [0.1, 0.15) is 18.4 Å². The monoisotopic (exact) mass is 371 g/mol. The van der Waals surface area contributed by atoms with Crippen molar-refractivity contribution in [3.8, 4) is 0 Å². The van der Waals surface area contributed by atoms with Gasteiger partial charge in [0.15, 0.2) is 0 Å². The van der Waals surface area contributed by atoms with E-state index in [1.807, 2.05) is 6.07 Å². The van der Waals surface area contributed by atoms with Crippen LogP contribution in [0.3, 0.4) is 0 Å². The van der Waals surface area contributed by atoms with E-state index >= 15 is 0 Å². The van der Waals surface area contributed by atoms with Crippen molar-refractivity contribution in [1.29, 1.82) is 0 Å². The van der Waals surface area contributed by atoms with Crippen LogP contribution in [0.2, 0.25) is 0 Å². The first-order chi connectivity index (χ1) is 11.7. The lowest BCUT2D eigenvalue weighted by atomic mass is 9.73. The number of benzene rings is 1. The summed E-state index contributed by atoms with van der Waals surface area (Å²) in [6.07, 6.45) is 1.19. The smallest absolute Gasteiger partial charge is 0.230 e. The number of piperazine rings is 1. The van der Waals surface area contributed by atoms with Crippen LogP contribution in [0.4, 0.5) is 4.39 Å². The molecule has 1 aromatic carbocycles. The third kappa shape index (κ3) is 4.91. The summed E-state index contributed by atoms with van der Waals surface area (Å²) in [4.78, 5) is 15.3. The van der Waals surface area contributed by atoms with Gasteiger partial charge in [-0.15, -0.1) is 12.4 Å². The second-order valence-corrected chi connectivity index (χ2v) is 6.55. The fourth-order valence-corrected chi connectivity index (χ4v) is 3.58. The third-order valence-corrected chi connectivity index (χ3v) is 5.08. The van der Waals surface area contributed by atoms with Crippen molar-refractivity contribution in [2.24, 2.45) is 0 Å². The Morgan fingerprint density at radius 2 is 2.00 bits per heavy atom. The molecular formula is C18H27ClFN3O2. The fraction of sp³-hybridized carbons (Fsp3) is 0.611. The molecule has 3 rings (SSSR count). The first kappa shape index (κ1) is 20.1. The predicted octanol–water partition coefficient (Wildman–Crippen LogP) is 1.32. The molecule has 2 aliphatic heterocycles. The molecule has 2 fully saturated rings. The molecule has 5 nitrogen and oxygen atoms in total. The summed E-state index contributed by atoms with van der Waals surface area (Å²) >= 11 is 0. The largest absolute Gasteiger partial charge is 0.381 e. The second kappa shape index (κ2) is 9.48. The Kier molecular flexibility index (Phi) is 7.62. The number of amides is 1. The second-order valence-electron chi connectivity index (χ2n) is 6.55. The average Bonchev–Trinajstić information content (AvgIpc) is 2.63. The van der Waals surface area contributed by atoms with Gasteiger partial charge < -0.3 is 15.4 Å². The van der Waals surface area contributed by atoms with E-state index in [0.29, 0.717) is 32.6 Å². The molecule has 1 aromatic rings. The molecular weight excluding hydrogens is 345 g/mol. The van der Waals surface area contributed by atoms with Crippen LogP contribution in [0.15, 0.2) is 24.3 Å². The van der Waals surface area contributed by atoms with Gasteiger partial charge in [0.1, 0.15) is 5.82 Å². The van der Waals surface area contributed by atoms with E-state index < -0.39 is 5.41 Å². The molecule has 140 valence electrons. The van der Waals surface area contributed by atoms with E-state index in [0.717, 1.165) is 38.3 Å². The Bertz CT molecular complexity index is 561. The Hall–Kier alpha value is -1.21.